The van der Waals surface area contributed by atoms with Crippen LogP contribution in [-0.4, -0.2) is 18.1 Å². The second kappa shape index (κ2) is 15.2. The van der Waals surface area contributed by atoms with Crippen LogP contribution in [0.15, 0.2) is 205 Å². The highest BCUT2D eigenvalue weighted by molar-refractivity contribution is 7.86. The third kappa shape index (κ3) is 7.30. The van der Waals surface area contributed by atoms with Crippen LogP contribution in [-0.2, 0) is 16.5 Å². The summed E-state index contributed by atoms with van der Waals surface area (Å²) >= 11 is 0. The van der Waals surface area contributed by atoms with Crippen molar-refractivity contribution in [3.05, 3.63) is 181 Å². The van der Waals surface area contributed by atoms with E-state index in [9.17, 15) is 18.1 Å². The minimum absolute atomic E-state index is 0.0740. The Kier molecular flexibility index (Phi) is 9.50. The van der Waals surface area contributed by atoms with Gasteiger partial charge in [-0.3, -0.25) is 4.55 Å². The first-order valence-corrected chi connectivity index (χ1v) is 19.8. The van der Waals surface area contributed by atoms with Gasteiger partial charge in [0.1, 0.15) is 10.6 Å². The fourth-order valence-corrected chi connectivity index (χ4v) is 7.81. The lowest BCUT2D eigenvalue weighted by Gasteiger charge is -2.08. The molecule has 10 nitrogen and oxygen atoms in total. The zero-order valence-corrected chi connectivity index (χ0v) is 31.5. The van der Waals surface area contributed by atoms with E-state index in [0.717, 1.165) is 38.9 Å². The van der Waals surface area contributed by atoms with Gasteiger partial charge in [0.25, 0.3) is 10.1 Å². The number of azo groups is 3. The summed E-state index contributed by atoms with van der Waals surface area (Å²) in [5.74, 6) is 0.0740. The van der Waals surface area contributed by atoms with Crippen molar-refractivity contribution >= 4 is 87.3 Å². The fourth-order valence-electron chi connectivity index (χ4n) is 7.10. The van der Waals surface area contributed by atoms with Crippen LogP contribution >= 0.6 is 0 Å². The highest BCUT2D eigenvalue weighted by atomic mass is 32.2. The number of hydrogen-bond acceptors (Lipinski definition) is 9. The Hall–Kier alpha value is -7.47. The zero-order valence-electron chi connectivity index (χ0n) is 30.7. The number of rotatable bonds is 9. The predicted octanol–water partition coefficient (Wildman–Crippen LogP) is 14.1. The average molecular weight is 777 g/mol. The molecule has 58 heavy (non-hydrogen) atoms. The van der Waals surface area contributed by atoms with Crippen LogP contribution in [0.3, 0.4) is 0 Å². The fraction of sp³-hybridized carbons (Fsp3) is 0.0213. The summed E-state index contributed by atoms with van der Waals surface area (Å²) in [6.07, 6.45) is 0.804. The highest BCUT2D eigenvalue weighted by Crippen LogP contribution is 2.40. The molecule has 2 N–H and O–H groups in total. The lowest BCUT2D eigenvalue weighted by atomic mass is 10.0. The van der Waals surface area contributed by atoms with Gasteiger partial charge in [-0.2, -0.15) is 13.5 Å². The molecule has 0 radical (unpaired) electrons. The zero-order chi connectivity index (χ0) is 39.6. The standard InChI is InChI=1S/C47H32N6O4S/c54-47-35-21-17-31(27-30-9-2-1-3-10-30)28-33(35)19-22-45(47)53-52-44-26-25-43(38-14-6-7-15-39(38)44)51-50-42-24-23-41(36-12-4-5-13-37(36)42)49-48-34-20-18-32-11-8-16-46(40(32)29-34)58(55,56)57/h1-26,28-29,54H,27H2,(H,55,56,57). The molecule has 0 spiro atoms. The van der Waals surface area contributed by atoms with Gasteiger partial charge in [-0.25, -0.2) is 0 Å². The van der Waals surface area contributed by atoms with Crippen LogP contribution in [0.2, 0.25) is 0 Å². The molecule has 9 rings (SSSR count). The van der Waals surface area contributed by atoms with Gasteiger partial charge in [0.05, 0.1) is 28.4 Å². The van der Waals surface area contributed by atoms with Crippen LogP contribution in [0.1, 0.15) is 11.1 Å². The van der Waals surface area contributed by atoms with Crippen LogP contribution in [0.5, 0.6) is 5.75 Å². The molecule has 0 aliphatic heterocycles. The van der Waals surface area contributed by atoms with Gasteiger partial charge in [-0.05, 0) is 76.9 Å². The van der Waals surface area contributed by atoms with Gasteiger partial charge in [0.15, 0.2) is 5.75 Å². The number of benzene rings is 9. The number of phenolic OH excluding ortho intramolecular Hbond substituents is 1. The molecule has 0 saturated carbocycles. The largest absolute Gasteiger partial charge is 0.505 e. The van der Waals surface area contributed by atoms with E-state index < -0.39 is 10.1 Å². The summed E-state index contributed by atoms with van der Waals surface area (Å²) in [5.41, 5.74) is 5.65. The normalized spacial score (nSPS) is 12.3. The Labute approximate surface area is 333 Å². The molecular weight excluding hydrogens is 745 g/mol. The number of nitrogens with zero attached hydrogens (tertiary/aromatic N) is 6. The Bertz CT molecular complexity index is 3260. The van der Waals surface area contributed by atoms with E-state index in [0.29, 0.717) is 50.3 Å². The average Bonchev–Trinajstić information content (AvgIpc) is 3.25. The van der Waals surface area contributed by atoms with Gasteiger partial charge in [0, 0.05) is 32.3 Å². The molecule has 0 bridgehead atoms. The predicted molar refractivity (Wildman–Crippen MR) is 229 cm³/mol. The molecule has 0 fully saturated rings. The van der Waals surface area contributed by atoms with E-state index in [1.54, 1.807) is 42.5 Å². The van der Waals surface area contributed by atoms with Crippen molar-refractivity contribution in [2.24, 2.45) is 30.7 Å². The Morgan fingerprint density at radius 3 is 1.50 bits per heavy atom. The summed E-state index contributed by atoms with van der Waals surface area (Å²) < 4.78 is 33.7. The summed E-state index contributed by atoms with van der Waals surface area (Å²) in [7, 11) is -4.42. The second-order valence-corrected chi connectivity index (χ2v) is 15.1. The monoisotopic (exact) mass is 776 g/mol. The van der Waals surface area contributed by atoms with Crippen molar-refractivity contribution in [2.75, 3.05) is 0 Å². The highest BCUT2D eigenvalue weighted by Gasteiger charge is 2.15. The maximum Gasteiger partial charge on any atom is 0.295 e. The quantitative estimate of drug-likeness (QED) is 0.111. The van der Waals surface area contributed by atoms with Gasteiger partial charge < -0.3 is 5.11 Å². The summed E-state index contributed by atoms with van der Waals surface area (Å²) in [6, 6.07) is 52.5. The van der Waals surface area contributed by atoms with Crippen molar-refractivity contribution in [1.29, 1.82) is 0 Å². The molecule has 280 valence electrons. The smallest absolute Gasteiger partial charge is 0.295 e. The van der Waals surface area contributed by atoms with E-state index in [1.165, 1.54) is 11.6 Å². The van der Waals surface area contributed by atoms with Crippen LogP contribution in [0.4, 0.5) is 34.1 Å². The summed E-state index contributed by atoms with van der Waals surface area (Å²) in [6.45, 7) is 0. The Morgan fingerprint density at radius 2 is 0.914 bits per heavy atom. The minimum Gasteiger partial charge on any atom is -0.505 e. The van der Waals surface area contributed by atoms with Gasteiger partial charge in [0.2, 0.25) is 0 Å². The SMILES string of the molecule is O=S(=O)(O)c1cccc2ccc(N=Nc3ccc(N=Nc4ccc(N=Nc5ccc6cc(Cc7ccccc7)ccc6c5O)c5ccccc45)c4ccccc34)cc12. The third-order valence-electron chi connectivity index (χ3n) is 9.95. The molecule has 0 saturated heterocycles. The molecule has 0 aromatic heterocycles. The van der Waals surface area contributed by atoms with E-state index in [1.807, 2.05) is 103 Å². The van der Waals surface area contributed by atoms with Crippen molar-refractivity contribution in [3.63, 3.8) is 0 Å². The minimum atomic E-state index is -4.42. The van der Waals surface area contributed by atoms with Gasteiger partial charge in [-0.15, -0.1) is 25.6 Å². The molecule has 0 amide bonds. The topological polar surface area (TPSA) is 149 Å². The Morgan fingerprint density at radius 1 is 0.397 bits per heavy atom. The molecule has 11 heteroatoms. The first-order valence-electron chi connectivity index (χ1n) is 18.4. The number of hydrogen-bond donors (Lipinski definition) is 2. The van der Waals surface area contributed by atoms with Crippen LogP contribution < -0.4 is 0 Å². The van der Waals surface area contributed by atoms with E-state index >= 15 is 0 Å². The third-order valence-corrected chi connectivity index (χ3v) is 10.9. The van der Waals surface area contributed by atoms with Crippen molar-refractivity contribution in [2.45, 2.75) is 11.3 Å². The Balaban J connectivity index is 0.981. The number of phenols is 1. The maximum absolute atomic E-state index is 12.0. The van der Waals surface area contributed by atoms with Gasteiger partial charge >= 0.3 is 0 Å². The van der Waals surface area contributed by atoms with E-state index in [4.69, 9.17) is 0 Å². The van der Waals surface area contributed by atoms with Gasteiger partial charge in [-0.1, -0.05) is 121 Å². The van der Waals surface area contributed by atoms with Crippen molar-refractivity contribution in [1.82, 2.24) is 0 Å². The lowest BCUT2D eigenvalue weighted by molar-refractivity contribution is 0.482. The molecule has 0 aliphatic carbocycles. The molecule has 0 atom stereocenters. The molecule has 9 aromatic rings. The second-order valence-electron chi connectivity index (χ2n) is 13.7. The molecule has 0 heterocycles. The lowest BCUT2D eigenvalue weighted by Crippen LogP contribution is -1.98. The van der Waals surface area contributed by atoms with Crippen molar-refractivity contribution < 1.29 is 18.1 Å². The summed E-state index contributed by atoms with van der Waals surface area (Å²) in [4.78, 5) is -0.191. The van der Waals surface area contributed by atoms with Crippen LogP contribution in [0, 0.1) is 0 Å². The molecule has 0 unspecified atom stereocenters. The van der Waals surface area contributed by atoms with E-state index in [2.05, 4.69) is 48.9 Å². The van der Waals surface area contributed by atoms with Crippen molar-refractivity contribution in [3.8, 4) is 5.75 Å². The van der Waals surface area contributed by atoms with Crippen LogP contribution in [0.25, 0.3) is 43.1 Å². The molecule has 9 aromatic carbocycles. The number of fused-ring (bicyclic) bond motifs is 4. The first kappa shape index (κ1) is 36.2. The summed E-state index contributed by atoms with van der Waals surface area (Å²) in [5, 5.41) is 44.3. The maximum atomic E-state index is 12.0. The van der Waals surface area contributed by atoms with E-state index in [-0.39, 0.29) is 10.6 Å². The molecular formula is C47H32N6O4S. The molecule has 0 aliphatic rings. The first-order chi connectivity index (χ1) is 28.3. The number of aromatic hydroxyl groups is 1.